The molecule has 3 aromatic carbocycles. The topological polar surface area (TPSA) is 89.0 Å². The molecule has 7 nitrogen and oxygen atoms in total. The van der Waals surface area contributed by atoms with Crippen LogP contribution in [0.1, 0.15) is 36.6 Å². The van der Waals surface area contributed by atoms with Crippen molar-refractivity contribution in [3.05, 3.63) is 87.4 Å². The molecule has 2 aliphatic rings. The fourth-order valence-corrected chi connectivity index (χ4v) is 6.25. The van der Waals surface area contributed by atoms with Crippen molar-refractivity contribution in [1.82, 2.24) is 4.98 Å². The second kappa shape index (κ2) is 9.56. The van der Waals surface area contributed by atoms with Crippen molar-refractivity contribution in [2.24, 2.45) is 0 Å². The van der Waals surface area contributed by atoms with Gasteiger partial charge in [-0.25, -0.2) is 4.98 Å². The van der Waals surface area contributed by atoms with Gasteiger partial charge in [-0.15, -0.1) is 0 Å². The second-order valence-electron chi connectivity index (χ2n) is 9.23. The van der Waals surface area contributed by atoms with Crippen LogP contribution in [0.4, 0.5) is 5.13 Å². The highest BCUT2D eigenvalue weighted by molar-refractivity contribution is 9.10. The van der Waals surface area contributed by atoms with Gasteiger partial charge in [-0.3, -0.25) is 14.5 Å². The summed E-state index contributed by atoms with van der Waals surface area (Å²) < 4.78 is 13.1. The lowest BCUT2D eigenvalue weighted by Crippen LogP contribution is -2.29. The van der Waals surface area contributed by atoms with Gasteiger partial charge in [0, 0.05) is 16.5 Å². The Balaban J connectivity index is 1.50. The number of anilines is 1. The van der Waals surface area contributed by atoms with E-state index in [0.717, 1.165) is 20.5 Å². The molecule has 0 aliphatic carbocycles. The van der Waals surface area contributed by atoms with Gasteiger partial charge in [0.25, 0.3) is 5.78 Å². The number of halogens is 1. The number of amides is 1. The molecule has 1 saturated heterocycles. The van der Waals surface area contributed by atoms with Crippen molar-refractivity contribution in [2.75, 3.05) is 11.5 Å². The van der Waals surface area contributed by atoms with E-state index < -0.39 is 17.7 Å². The Kier molecular flexibility index (Phi) is 6.20. The highest BCUT2D eigenvalue weighted by atomic mass is 79.9. The maximum Gasteiger partial charge on any atom is 0.301 e. The monoisotopic (exact) mass is 590 g/mol. The summed E-state index contributed by atoms with van der Waals surface area (Å²) in [5, 5.41) is 11.9. The van der Waals surface area contributed by atoms with Gasteiger partial charge < -0.3 is 14.6 Å². The number of aromatic nitrogens is 1. The maximum absolute atomic E-state index is 13.5. The van der Waals surface area contributed by atoms with Gasteiger partial charge in [0.1, 0.15) is 23.4 Å². The predicted molar refractivity (Wildman–Crippen MR) is 150 cm³/mol. The number of hydrogen-bond donors (Lipinski definition) is 1. The molecule has 0 spiro atoms. The minimum atomic E-state index is -0.849. The number of hydrogen-bond acceptors (Lipinski definition) is 7. The van der Waals surface area contributed by atoms with Crippen molar-refractivity contribution < 1.29 is 24.2 Å². The van der Waals surface area contributed by atoms with Crippen LogP contribution in [-0.4, -0.2) is 34.5 Å². The first-order valence-corrected chi connectivity index (χ1v) is 13.8. The van der Waals surface area contributed by atoms with Gasteiger partial charge in [0.05, 0.1) is 28.4 Å². The van der Waals surface area contributed by atoms with Crippen LogP contribution in [0.3, 0.4) is 0 Å². The molecule has 1 amide bonds. The molecule has 1 fully saturated rings. The molecule has 6 rings (SSSR count). The lowest BCUT2D eigenvalue weighted by molar-refractivity contribution is -0.132. The van der Waals surface area contributed by atoms with E-state index in [2.05, 4.69) is 20.9 Å². The maximum atomic E-state index is 13.5. The van der Waals surface area contributed by atoms with Gasteiger partial charge in [0.2, 0.25) is 0 Å². The van der Waals surface area contributed by atoms with E-state index in [0.29, 0.717) is 40.6 Å². The lowest BCUT2D eigenvalue weighted by atomic mass is 9.94. The third-order valence-electron chi connectivity index (χ3n) is 6.67. The first kappa shape index (κ1) is 24.6. The lowest BCUT2D eigenvalue weighted by Gasteiger charge is -2.23. The van der Waals surface area contributed by atoms with Crippen molar-refractivity contribution in [3.8, 4) is 11.5 Å². The van der Waals surface area contributed by atoms with Crippen molar-refractivity contribution in [2.45, 2.75) is 32.4 Å². The van der Waals surface area contributed by atoms with Crippen molar-refractivity contribution >= 4 is 60.1 Å². The van der Waals surface area contributed by atoms with Crippen LogP contribution in [0.5, 0.6) is 11.5 Å². The van der Waals surface area contributed by atoms with Crippen LogP contribution >= 0.6 is 27.3 Å². The number of rotatable bonds is 5. The first-order chi connectivity index (χ1) is 18.3. The number of Topliss-reactive ketones (excluding diaryl/α,β-unsaturated/α-hetero) is 1. The number of ether oxygens (including phenoxy) is 2. The highest BCUT2D eigenvalue weighted by Crippen LogP contribution is 2.45. The molecular weight excluding hydrogens is 568 g/mol. The number of carbonyl (C=O) groups is 2. The number of aliphatic hydroxyl groups excluding tert-OH is 1. The quantitative estimate of drug-likeness (QED) is 0.164. The summed E-state index contributed by atoms with van der Waals surface area (Å²) >= 11 is 4.75. The number of carbonyl (C=O) groups excluding carboxylic acids is 2. The van der Waals surface area contributed by atoms with E-state index in [-0.39, 0.29) is 17.4 Å². The molecule has 1 N–H and O–H groups in total. The van der Waals surface area contributed by atoms with E-state index in [1.54, 1.807) is 12.1 Å². The number of ketones is 1. The normalized spacial score (nSPS) is 20.1. The van der Waals surface area contributed by atoms with E-state index in [1.807, 2.05) is 62.4 Å². The summed E-state index contributed by atoms with van der Waals surface area (Å²) in [6.45, 7) is 4.42. The number of fused-ring (bicyclic) bond motifs is 2. The van der Waals surface area contributed by atoms with Gasteiger partial charge in [-0.1, -0.05) is 39.4 Å². The van der Waals surface area contributed by atoms with E-state index in [1.165, 1.54) is 16.2 Å². The van der Waals surface area contributed by atoms with Gasteiger partial charge in [-0.2, -0.15) is 0 Å². The third kappa shape index (κ3) is 4.16. The van der Waals surface area contributed by atoms with Crippen LogP contribution in [0.2, 0.25) is 0 Å². The van der Waals surface area contributed by atoms with Gasteiger partial charge in [-0.05, 0) is 73.5 Å². The molecule has 4 aromatic rings. The summed E-state index contributed by atoms with van der Waals surface area (Å²) in [6, 6.07) is 17.4. The van der Waals surface area contributed by atoms with Crippen LogP contribution in [0.25, 0.3) is 16.0 Å². The fraction of sp³-hybridized carbons (Fsp3) is 0.207. The standard InChI is InChI=1S/C29H23BrN2O5S/c1-3-36-20-9-10-21-23(14-20)38-29(31-21)32-25(16-4-7-19(30)8-5-16)24(27(34)28(32)35)26(33)17-6-11-22-18(13-17)12-15(2)37-22/h4-11,13-15,25,33H,3,12H2,1-2H3/b26-24-. The average Bonchev–Trinajstić information content (AvgIpc) is 3.56. The van der Waals surface area contributed by atoms with Crippen molar-refractivity contribution in [3.63, 3.8) is 0 Å². The zero-order valence-electron chi connectivity index (χ0n) is 20.6. The van der Waals surface area contributed by atoms with Crippen LogP contribution < -0.4 is 14.4 Å². The SMILES string of the molecule is CCOc1ccc2nc(N3C(=O)C(=O)/C(=C(\O)c4ccc5c(c4)CC(C)O5)C3c3ccc(Br)cc3)sc2c1. The molecule has 0 radical (unpaired) electrons. The summed E-state index contributed by atoms with van der Waals surface area (Å²) in [6.07, 6.45) is 0.745. The Morgan fingerprint density at radius 1 is 1.16 bits per heavy atom. The molecule has 2 aliphatic heterocycles. The summed E-state index contributed by atoms with van der Waals surface area (Å²) in [5.74, 6) is -0.242. The summed E-state index contributed by atoms with van der Waals surface area (Å²) in [4.78, 5) is 33.1. The Hall–Kier alpha value is -3.69. The predicted octanol–water partition coefficient (Wildman–Crippen LogP) is 6.41. The molecule has 0 saturated carbocycles. The summed E-state index contributed by atoms with van der Waals surface area (Å²) in [5.41, 5.74) is 2.82. The van der Waals surface area contributed by atoms with Crippen molar-refractivity contribution in [1.29, 1.82) is 0 Å². The van der Waals surface area contributed by atoms with E-state index >= 15 is 0 Å². The average molecular weight is 591 g/mol. The minimum absolute atomic E-state index is 0.0264. The smallest absolute Gasteiger partial charge is 0.301 e. The number of benzene rings is 3. The van der Waals surface area contributed by atoms with Crippen LogP contribution in [0, 0.1) is 0 Å². The zero-order chi connectivity index (χ0) is 26.6. The highest BCUT2D eigenvalue weighted by Gasteiger charge is 2.48. The summed E-state index contributed by atoms with van der Waals surface area (Å²) in [7, 11) is 0. The molecule has 38 heavy (non-hydrogen) atoms. The Labute approximate surface area is 231 Å². The molecular formula is C29H23BrN2O5S. The Morgan fingerprint density at radius 3 is 2.71 bits per heavy atom. The molecule has 3 heterocycles. The van der Waals surface area contributed by atoms with Gasteiger partial charge in [0.15, 0.2) is 5.13 Å². The molecule has 2 unspecified atom stereocenters. The minimum Gasteiger partial charge on any atom is -0.507 e. The van der Waals surface area contributed by atoms with E-state index in [9.17, 15) is 14.7 Å². The van der Waals surface area contributed by atoms with Crippen LogP contribution in [-0.2, 0) is 16.0 Å². The molecule has 192 valence electrons. The number of thiazole rings is 1. The second-order valence-corrected chi connectivity index (χ2v) is 11.2. The van der Waals surface area contributed by atoms with Crippen LogP contribution in [0.15, 0.2) is 70.7 Å². The van der Waals surface area contributed by atoms with Gasteiger partial charge >= 0.3 is 5.91 Å². The third-order valence-corrected chi connectivity index (χ3v) is 8.21. The first-order valence-electron chi connectivity index (χ1n) is 12.2. The zero-order valence-corrected chi connectivity index (χ0v) is 23.0. The Morgan fingerprint density at radius 2 is 1.95 bits per heavy atom. The number of nitrogens with zero attached hydrogens (tertiary/aromatic N) is 2. The van der Waals surface area contributed by atoms with E-state index in [4.69, 9.17) is 9.47 Å². The molecule has 9 heteroatoms. The molecule has 2 atom stereocenters. The number of aliphatic hydroxyl groups is 1. The Bertz CT molecular complexity index is 1630. The fourth-order valence-electron chi connectivity index (χ4n) is 4.97. The molecule has 0 bridgehead atoms. The molecule has 1 aromatic heterocycles. The largest absolute Gasteiger partial charge is 0.507 e.